The van der Waals surface area contributed by atoms with Crippen LogP contribution in [0.5, 0.6) is 0 Å². The Labute approximate surface area is 126 Å². The van der Waals surface area contributed by atoms with Gasteiger partial charge in [0.2, 0.25) is 0 Å². The molecule has 0 spiro atoms. The van der Waals surface area contributed by atoms with Gasteiger partial charge in [0.05, 0.1) is 0 Å². The summed E-state index contributed by atoms with van der Waals surface area (Å²) in [5.41, 5.74) is 1.78. The van der Waals surface area contributed by atoms with Gasteiger partial charge in [0, 0.05) is 24.3 Å². The largest absolute Gasteiger partial charge is 0.422 e. The highest BCUT2D eigenvalue weighted by Crippen LogP contribution is 2.15. The maximum atomic E-state index is 12.2. The van der Waals surface area contributed by atoms with E-state index in [0.717, 1.165) is 16.5 Å². The Morgan fingerprint density at radius 1 is 1.18 bits per heavy atom. The van der Waals surface area contributed by atoms with Crippen molar-refractivity contribution >= 4 is 16.9 Å². The minimum atomic E-state index is -0.636. The second-order valence-electron chi connectivity index (χ2n) is 5.03. The molecule has 5 heteroatoms. The van der Waals surface area contributed by atoms with Crippen LogP contribution in [-0.4, -0.2) is 10.9 Å². The zero-order valence-corrected chi connectivity index (χ0v) is 12.0. The van der Waals surface area contributed by atoms with Crippen molar-refractivity contribution in [1.82, 2.24) is 10.3 Å². The fourth-order valence-corrected chi connectivity index (χ4v) is 2.18. The molecule has 0 radical (unpaired) electrons. The number of benzene rings is 1. The Morgan fingerprint density at radius 3 is 2.73 bits per heavy atom. The van der Waals surface area contributed by atoms with Crippen LogP contribution in [0.2, 0.25) is 0 Å². The lowest BCUT2D eigenvalue weighted by molar-refractivity contribution is 0.0947. The lowest BCUT2D eigenvalue weighted by Crippen LogP contribution is -2.27. The van der Waals surface area contributed by atoms with Crippen LogP contribution < -0.4 is 10.9 Å². The molecule has 2 heterocycles. The zero-order valence-electron chi connectivity index (χ0n) is 12.0. The van der Waals surface area contributed by atoms with Gasteiger partial charge in [-0.1, -0.05) is 11.6 Å². The second kappa shape index (κ2) is 5.81. The van der Waals surface area contributed by atoms with Crippen molar-refractivity contribution in [2.24, 2.45) is 0 Å². The number of hydrogen-bond donors (Lipinski definition) is 1. The van der Waals surface area contributed by atoms with Crippen molar-refractivity contribution in [2.45, 2.75) is 13.5 Å². The third-order valence-corrected chi connectivity index (χ3v) is 3.33. The summed E-state index contributed by atoms with van der Waals surface area (Å²) >= 11 is 0. The average Bonchev–Trinajstić information content (AvgIpc) is 2.53. The lowest BCUT2D eigenvalue weighted by Gasteiger charge is -2.05. The van der Waals surface area contributed by atoms with Gasteiger partial charge in [0.15, 0.2) is 0 Å². The van der Waals surface area contributed by atoms with Gasteiger partial charge in [-0.3, -0.25) is 9.78 Å². The van der Waals surface area contributed by atoms with E-state index in [1.54, 1.807) is 36.7 Å². The molecule has 0 aliphatic heterocycles. The van der Waals surface area contributed by atoms with Crippen molar-refractivity contribution in [3.63, 3.8) is 0 Å². The molecule has 110 valence electrons. The van der Waals surface area contributed by atoms with E-state index in [1.807, 2.05) is 19.1 Å². The molecular weight excluding hydrogens is 280 g/mol. The third-order valence-electron chi connectivity index (χ3n) is 3.33. The van der Waals surface area contributed by atoms with E-state index in [9.17, 15) is 9.59 Å². The lowest BCUT2D eigenvalue weighted by atomic mass is 10.1. The normalized spacial score (nSPS) is 10.6. The Hall–Kier alpha value is -2.95. The van der Waals surface area contributed by atoms with E-state index in [4.69, 9.17) is 4.42 Å². The third kappa shape index (κ3) is 2.88. The molecule has 0 saturated carbocycles. The zero-order chi connectivity index (χ0) is 15.5. The number of pyridine rings is 1. The molecule has 5 nitrogen and oxygen atoms in total. The molecule has 0 atom stereocenters. The molecule has 1 aromatic carbocycles. The van der Waals surface area contributed by atoms with Crippen molar-refractivity contribution in [3.05, 3.63) is 75.9 Å². The van der Waals surface area contributed by atoms with Crippen LogP contribution in [0.1, 0.15) is 21.5 Å². The number of carbonyl (C=O) groups excluding carboxylic acids is 1. The van der Waals surface area contributed by atoms with Crippen LogP contribution >= 0.6 is 0 Å². The minimum absolute atomic E-state index is 0.00663. The summed E-state index contributed by atoms with van der Waals surface area (Å²) in [5, 5.41) is 3.44. The van der Waals surface area contributed by atoms with Crippen molar-refractivity contribution < 1.29 is 9.21 Å². The van der Waals surface area contributed by atoms with E-state index in [2.05, 4.69) is 10.3 Å². The van der Waals surface area contributed by atoms with Gasteiger partial charge in [-0.2, -0.15) is 0 Å². The molecule has 1 amide bonds. The second-order valence-corrected chi connectivity index (χ2v) is 5.03. The summed E-state index contributed by atoms with van der Waals surface area (Å²) in [5.74, 6) is -0.450. The SMILES string of the molecule is Cc1ccc2oc(=O)c(C(=O)NCc3ccncc3)cc2c1. The number of nitrogens with one attached hydrogen (secondary N) is 1. The monoisotopic (exact) mass is 294 g/mol. The topological polar surface area (TPSA) is 72.2 Å². The number of hydrogen-bond acceptors (Lipinski definition) is 4. The molecule has 0 bridgehead atoms. The molecule has 22 heavy (non-hydrogen) atoms. The van der Waals surface area contributed by atoms with Gasteiger partial charge in [0.25, 0.3) is 5.91 Å². The molecule has 0 unspecified atom stereocenters. The molecule has 0 aliphatic carbocycles. The first-order valence-corrected chi connectivity index (χ1v) is 6.85. The highest BCUT2D eigenvalue weighted by atomic mass is 16.4. The van der Waals surface area contributed by atoms with E-state index in [1.165, 1.54) is 0 Å². The van der Waals surface area contributed by atoms with Crippen LogP contribution in [-0.2, 0) is 6.54 Å². The molecule has 0 fully saturated rings. The molecular formula is C17H14N2O3. The number of nitrogens with zero attached hydrogens (tertiary/aromatic N) is 1. The smallest absolute Gasteiger partial charge is 0.349 e. The van der Waals surface area contributed by atoms with E-state index >= 15 is 0 Å². The molecule has 2 aromatic heterocycles. The predicted octanol–water partition coefficient (Wildman–Crippen LogP) is 2.43. The summed E-state index contributed by atoms with van der Waals surface area (Å²) in [6, 6.07) is 10.6. The number of rotatable bonds is 3. The van der Waals surface area contributed by atoms with Crippen LogP contribution in [0.3, 0.4) is 0 Å². The molecule has 0 aliphatic rings. The predicted molar refractivity (Wildman–Crippen MR) is 82.6 cm³/mol. The standard InChI is InChI=1S/C17H14N2O3/c1-11-2-3-15-13(8-11)9-14(17(21)22-15)16(20)19-10-12-4-6-18-7-5-12/h2-9H,10H2,1H3,(H,19,20). The molecule has 3 aromatic rings. The van der Waals surface area contributed by atoms with Gasteiger partial charge in [0.1, 0.15) is 11.1 Å². The maximum Gasteiger partial charge on any atom is 0.349 e. The van der Waals surface area contributed by atoms with Crippen LogP contribution in [0, 0.1) is 6.92 Å². The van der Waals surface area contributed by atoms with Crippen LogP contribution in [0.25, 0.3) is 11.0 Å². The molecule has 3 rings (SSSR count). The van der Waals surface area contributed by atoms with Crippen LogP contribution in [0.4, 0.5) is 0 Å². The van der Waals surface area contributed by atoms with E-state index in [-0.39, 0.29) is 5.56 Å². The van der Waals surface area contributed by atoms with E-state index < -0.39 is 11.5 Å². The van der Waals surface area contributed by atoms with Crippen molar-refractivity contribution in [1.29, 1.82) is 0 Å². The maximum absolute atomic E-state index is 12.2. The number of carbonyl (C=O) groups is 1. The van der Waals surface area contributed by atoms with Gasteiger partial charge in [-0.25, -0.2) is 4.79 Å². The number of fused-ring (bicyclic) bond motifs is 1. The van der Waals surface area contributed by atoms with E-state index in [0.29, 0.717) is 12.1 Å². The van der Waals surface area contributed by atoms with Crippen LogP contribution in [0.15, 0.2) is 58.0 Å². The molecule has 0 saturated heterocycles. The minimum Gasteiger partial charge on any atom is -0.422 e. The highest BCUT2D eigenvalue weighted by molar-refractivity contribution is 5.96. The van der Waals surface area contributed by atoms with Gasteiger partial charge in [-0.15, -0.1) is 0 Å². The Balaban J connectivity index is 1.87. The van der Waals surface area contributed by atoms with Gasteiger partial charge >= 0.3 is 5.63 Å². The quantitative estimate of drug-likeness (QED) is 0.753. The Bertz CT molecular complexity index is 885. The van der Waals surface area contributed by atoms with Gasteiger partial charge < -0.3 is 9.73 Å². The first-order valence-electron chi connectivity index (χ1n) is 6.85. The summed E-state index contributed by atoms with van der Waals surface area (Å²) in [6.45, 7) is 2.26. The average molecular weight is 294 g/mol. The Morgan fingerprint density at radius 2 is 1.95 bits per heavy atom. The summed E-state index contributed by atoms with van der Waals surface area (Å²) in [7, 11) is 0. The number of amides is 1. The summed E-state index contributed by atoms with van der Waals surface area (Å²) in [4.78, 5) is 28.0. The fourth-order valence-electron chi connectivity index (χ4n) is 2.18. The number of aryl methyl sites for hydroxylation is 1. The molecule has 1 N–H and O–H groups in total. The number of aromatic nitrogens is 1. The first kappa shape index (κ1) is 14.0. The van der Waals surface area contributed by atoms with Gasteiger partial charge in [-0.05, 0) is 42.8 Å². The Kier molecular flexibility index (Phi) is 3.70. The summed E-state index contributed by atoms with van der Waals surface area (Å²) in [6.07, 6.45) is 3.29. The fraction of sp³-hybridized carbons (Fsp3) is 0.118. The first-order chi connectivity index (χ1) is 10.6. The van der Waals surface area contributed by atoms with Crippen molar-refractivity contribution in [2.75, 3.05) is 0 Å². The van der Waals surface area contributed by atoms with Crippen molar-refractivity contribution in [3.8, 4) is 0 Å². The summed E-state index contributed by atoms with van der Waals surface area (Å²) < 4.78 is 5.19. The highest BCUT2D eigenvalue weighted by Gasteiger charge is 2.13.